The molecule has 0 aliphatic carbocycles. The molecular weight excluding hydrogens is 228 g/mol. The first-order valence-corrected chi connectivity index (χ1v) is 5.32. The molecular formula is C11H13BrO. The minimum atomic E-state index is 0.245. The van der Waals surface area contributed by atoms with Crippen LogP contribution >= 0.6 is 15.9 Å². The zero-order chi connectivity index (χ0) is 9.68. The summed E-state index contributed by atoms with van der Waals surface area (Å²) >= 11 is 3.34. The molecule has 0 fully saturated rings. The van der Waals surface area contributed by atoms with E-state index in [-0.39, 0.29) is 5.78 Å². The van der Waals surface area contributed by atoms with E-state index in [1.54, 1.807) is 0 Å². The Morgan fingerprint density at radius 3 is 2.46 bits per heavy atom. The van der Waals surface area contributed by atoms with Crippen LogP contribution < -0.4 is 0 Å². The summed E-state index contributed by atoms with van der Waals surface area (Å²) in [7, 11) is 0. The third kappa shape index (κ3) is 3.31. The molecule has 70 valence electrons. The third-order valence-electron chi connectivity index (χ3n) is 1.92. The van der Waals surface area contributed by atoms with Gasteiger partial charge in [-0.2, -0.15) is 0 Å². The molecule has 0 saturated carbocycles. The Balaban J connectivity index is 2.61. The maximum atomic E-state index is 11.5. The molecule has 1 rings (SSSR count). The van der Waals surface area contributed by atoms with E-state index in [9.17, 15) is 4.79 Å². The number of unbranched alkanes of at least 4 members (excludes halogenated alkanes) is 1. The van der Waals surface area contributed by atoms with Gasteiger partial charge in [0.2, 0.25) is 0 Å². The fourth-order valence-electron chi connectivity index (χ4n) is 1.12. The largest absolute Gasteiger partial charge is 0.294 e. The Bertz CT molecular complexity index is 277. The first kappa shape index (κ1) is 10.5. The average Bonchev–Trinajstić information content (AvgIpc) is 2.15. The van der Waals surface area contributed by atoms with Crippen LogP contribution in [-0.4, -0.2) is 5.78 Å². The summed E-state index contributed by atoms with van der Waals surface area (Å²) in [6, 6.07) is 7.53. The molecule has 0 spiro atoms. The van der Waals surface area contributed by atoms with Gasteiger partial charge in [0.15, 0.2) is 5.78 Å². The maximum absolute atomic E-state index is 11.5. The number of hydrogen-bond acceptors (Lipinski definition) is 1. The summed E-state index contributed by atoms with van der Waals surface area (Å²) in [6.07, 6.45) is 2.72. The number of halogens is 1. The zero-order valence-electron chi connectivity index (χ0n) is 7.72. The zero-order valence-corrected chi connectivity index (χ0v) is 9.30. The number of carbonyl (C=O) groups is 1. The van der Waals surface area contributed by atoms with Crippen molar-refractivity contribution in [2.24, 2.45) is 0 Å². The summed E-state index contributed by atoms with van der Waals surface area (Å²) in [6.45, 7) is 2.09. The van der Waals surface area contributed by atoms with Crippen LogP contribution in [0.1, 0.15) is 36.5 Å². The first-order chi connectivity index (χ1) is 6.24. The normalized spacial score (nSPS) is 10.0. The molecule has 2 heteroatoms. The summed E-state index contributed by atoms with van der Waals surface area (Å²) < 4.78 is 1.01. The molecule has 0 unspecified atom stereocenters. The number of benzene rings is 1. The van der Waals surface area contributed by atoms with Crippen LogP contribution in [-0.2, 0) is 0 Å². The van der Waals surface area contributed by atoms with Gasteiger partial charge in [-0.1, -0.05) is 41.4 Å². The lowest BCUT2D eigenvalue weighted by Crippen LogP contribution is -1.97. The molecule has 13 heavy (non-hydrogen) atoms. The van der Waals surface area contributed by atoms with Gasteiger partial charge in [0.25, 0.3) is 0 Å². The van der Waals surface area contributed by atoms with Crippen LogP contribution in [0, 0.1) is 0 Å². The van der Waals surface area contributed by atoms with Gasteiger partial charge in [-0.15, -0.1) is 0 Å². The Morgan fingerprint density at radius 1 is 1.31 bits per heavy atom. The fourth-order valence-corrected chi connectivity index (χ4v) is 1.38. The standard InChI is InChI=1S/C11H13BrO/c1-2-3-4-11(13)9-5-7-10(12)8-6-9/h5-8H,2-4H2,1H3. The second-order valence-corrected chi connectivity index (χ2v) is 3.95. The quantitative estimate of drug-likeness (QED) is 0.732. The minimum absolute atomic E-state index is 0.245. The molecule has 0 aromatic heterocycles. The number of rotatable bonds is 4. The van der Waals surface area contributed by atoms with Crippen LogP contribution in [0.15, 0.2) is 28.7 Å². The molecule has 0 saturated heterocycles. The van der Waals surface area contributed by atoms with Gasteiger partial charge in [0.05, 0.1) is 0 Å². The molecule has 0 bridgehead atoms. The second-order valence-electron chi connectivity index (χ2n) is 3.03. The predicted molar refractivity (Wildman–Crippen MR) is 58.0 cm³/mol. The second kappa shape index (κ2) is 5.18. The molecule has 0 amide bonds. The van der Waals surface area contributed by atoms with Crippen LogP contribution in [0.4, 0.5) is 0 Å². The monoisotopic (exact) mass is 240 g/mol. The molecule has 0 atom stereocenters. The number of Topliss-reactive ketones (excluding diaryl/α,β-unsaturated/α-hetero) is 1. The van der Waals surface area contributed by atoms with Gasteiger partial charge >= 0.3 is 0 Å². The van der Waals surface area contributed by atoms with Crippen molar-refractivity contribution in [2.45, 2.75) is 26.2 Å². The smallest absolute Gasteiger partial charge is 0.162 e. The van der Waals surface area contributed by atoms with Crippen molar-refractivity contribution in [3.63, 3.8) is 0 Å². The molecule has 0 aliphatic rings. The molecule has 0 radical (unpaired) electrons. The van der Waals surface area contributed by atoms with Gasteiger partial charge < -0.3 is 0 Å². The lowest BCUT2D eigenvalue weighted by Gasteiger charge is -1.99. The summed E-state index contributed by atoms with van der Waals surface area (Å²) in [4.78, 5) is 11.5. The predicted octanol–water partition coefficient (Wildman–Crippen LogP) is 3.82. The first-order valence-electron chi connectivity index (χ1n) is 4.53. The highest BCUT2D eigenvalue weighted by Gasteiger charge is 2.03. The molecule has 1 aromatic carbocycles. The topological polar surface area (TPSA) is 17.1 Å². The van der Waals surface area contributed by atoms with E-state index in [0.29, 0.717) is 6.42 Å². The Labute approximate surface area is 87.3 Å². The molecule has 1 nitrogen and oxygen atoms in total. The highest BCUT2D eigenvalue weighted by Crippen LogP contribution is 2.12. The van der Waals surface area contributed by atoms with Crippen molar-refractivity contribution in [2.75, 3.05) is 0 Å². The molecule has 0 N–H and O–H groups in total. The minimum Gasteiger partial charge on any atom is -0.294 e. The van der Waals surface area contributed by atoms with E-state index >= 15 is 0 Å². The van der Waals surface area contributed by atoms with Gasteiger partial charge in [0.1, 0.15) is 0 Å². The van der Waals surface area contributed by atoms with Crippen molar-refractivity contribution in [3.8, 4) is 0 Å². The lowest BCUT2D eigenvalue weighted by molar-refractivity contribution is 0.0980. The van der Waals surface area contributed by atoms with Crippen LogP contribution in [0.3, 0.4) is 0 Å². The van der Waals surface area contributed by atoms with E-state index < -0.39 is 0 Å². The van der Waals surface area contributed by atoms with Gasteiger partial charge in [0, 0.05) is 16.5 Å². The van der Waals surface area contributed by atoms with Gasteiger partial charge in [-0.3, -0.25) is 4.79 Å². The molecule has 0 heterocycles. The van der Waals surface area contributed by atoms with E-state index in [1.165, 1.54) is 0 Å². The van der Waals surface area contributed by atoms with Crippen LogP contribution in [0.25, 0.3) is 0 Å². The third-order valence-corrected chi connectivity index (χ3v) is 2.45. The van der Waals surface area contributed by atoms with Crippen molar-refractivity contribution < 1.29 is 4.79 Å². The molecule has 1 aromatic rings. The van der Waals surface area contributed by atoms with Crippen molar-refractivity contribution in [1.82, 2.24) is 0 Å². The van der Waals surface area contributed by atoms with E-state index in [4.69, 9.17) is 0 Å². The van der Waals surface area contributed by atoms with Crippen LogP contribution in [0.5, 0.6) is 0 Å². The highest BCUT2D eigenvalue weighted by atomic mass is 79.9. The highest BCUT2D eigenvalue weighted by molar-refractivity contribution is 9.10. The van der Waals surface area contributed by atoms with E-state index in [1.807, 2.05) is 24.3 Å². The summed E-state index contributed by atoms with van der Waals surface area (Å²) in [5.74, 6) is 0.245. The number of carbonyl (C=O) groups excluding carboxylic acids is 1. The fraction of sp³-hybridized carbons (Fsp3) is 0.364. The van der Waals surface area contributed by atoms with Gasteiger partial charge in [-0.05, 0) is 18.6 Å². The van der Waals surface area contributed by atoms with E-state index in [2.05, 4.69) is 22.9 Å². The number of hydrogen-bond donors (Lipinski definition) is 0. The summed E-state index contributed by atoms with van der Waals surface area (Å²) in [5.41, 5.74) is 0.816. The average molecular weight is 241 g/mol. The van der Waals surface area contributed by atoms with E-state index in [0.717, 1.165) is 22.9 Å². The number of ketones is 1. The van der Waals surface area contributed by atoms with Crippen molar-refractivity contribution in [1.29, 1.82) is 0 Å². The van der Waals surface area contributed by atoms with Gasteiger partial charge in [-0.25, -0.2) is 0 Å². The van der Waals surface area contributed by atoms with Crippen LogP contribution in [0.2, 0.25) is 0 Å². The Kier molecular flexibility index (Phi) is 4.16. The lowest BCUT2D eigenvalue weighted by atomic mass is 10.1. The Morgan fingerprint density at radius 2 is 1.92 bits per heavy atom. The Hall–Kier alpha value is -0.630. The maximum Gasteiger partial charge on any atom is 0.162 e. The molecule has 0 aliphatic heterocycles. The summed E-state index contributed by atoms with van der Waals surface area (Å²) in [5, 5.41) is 0. The van der Waals surface area contributed by atoms with Crippen molar-refractivity contribution in [3.05, 3.63) is 34.3 Å². The van der Waals surface area contributed by atoms with Crippen molar-refractivity contribution >= 4 is 21.7 Å². The SMILES string of the molecule is CCCCC(=O)c1ccc(Br)cc1.